The molecule has 9 heteroatoms. The van der Waals surface area contributed by atoms with E-state index in [0.717, 1.165) is 0 Å². The Morgan fingerprint density at radius 3 is 2.22 bits per heavy atom. The van der Waals surface area contributed by atoms with E-state index in [4.69, 9.17) is 44.4 Å². The summed E-state index contributed by atoms with van der Waals surface area (Å²) in [5, 5.41) is 11.6. The van der Waals surface area contributed by atoms with Gasteiger partial charge in [0, 0.05) is 43.9 Å². The lowest BCUT2D eigenvalue weighted by atomic mass is 10.5. The minimum absolute atomic E-state index is 0.0213. The molecule has 0 unspecified atom stereocenters. The molecular formula is C9H20Cl3N2O3P. The maximum Gasteiger partial charge on any atom is 0.343 e. The molecule has 0 aliphatic heterocycles. The first kappa shape index (κ1) is 18.9. The zero-order valence-electron chi connectivity index (χ0n) is 10.2. The minimum Gasteiger partial charge on any atom is -0.396 e. The lowest BCUT2D eigenvalue weighted by Gasteiger charge is -2.30. The van der Waals surface area contributed by atoms with Crippen LogP contribution in [0.15, 0.2) is 0 Å². The third kappa shape index (κ3) is 7.51. The average molecular weight is 342 g/mol. The third-order valence-electron chi connectivity index (χ3n) is 2.05. The molecule has 0 spiro atoms. The molecule has 1 atom stereocenters. The molecule has 18 heavy (non-hydrogen) atoms. The van der Waals surface area contributed by atoms with E-state index < -0.39 is 7.67 Å². The van der Waals surface area contributed by atoms with E-state index in [1.165, 1.54) is 0 Å². The standard InChI is InChI=1S/C9H20Cl3N2O3P/c10-2-6-14(7-3-11)18(16,17-9-4-12)13-5-1-8-15/h15H,1-9H2,(H,13,16)/t18-/m1/s1. The Kier molecular flexibility index (Phi) is 12.4. The summed E-state index contributed by atoms with van der Waals surface area (Å²) in [5.74, 6) is 0.904. The molecule has 0 aliphatic carbocycles. The number of rotatable bonds is 12. The molecular weight excluding hydrogens is 321 g/mol. The second-order valence-electron chi connectivity index (χ2n) is 3.36. The van der Waals surface area contributed by atoms with Crippen LogP contribution in [0.2, 0.25) is 0 Å². The van der Waals surface area contributed by atoms with Gasteiger partial charge in [-0.05, 0) is 6.42 Å². The Labute approximate surface area is 123 Å². The first-order chi connectivity index (χ1) is 8.64. The number of nitrogens with one attached hydrogen (secondary N) is 1. The highest BCUT2D eigenvalue weighted by Crippen LogP contribution is 2.46. The van der Waals surface area contributed by atoms with E-state index in [1.807, 2.05) is 0 Å². The maximum absolute atomic E-state index is 12.7. The monoisotopic (exact) mass is 340 g/mol. The third-order valence-corrected chi connectivity index (χ3v) is 4.84. The summed E-state index contributed by atoms with van der Waals surface area (Å²) in [5.41, 5.74) is 0. The molecule has 0 aromatic heterocycles. The Bertz CT molecular complexity index is 243. The highest BCUT2D eigenvalue weighted by molar-refractivity contribution is 7.54. The Hall–Kier alpha value is 0.940. The molecule has 2 N–H and O–H groups in total. The summed E-state index contributed by atoms with van der Waals surface area (Å²) in [4.78, 5) is 0. The van der Waals surface area contributed by atoms with Crippen LogP contribution in [0.5, 0.6) is 0 Å². The van der Waals surface area contributed by atoms with Crippen LogP contribution in [0.1, 0.15) is 6.42 Å². The van der Waals surface area contributed by atoms with Gasteiger partial charge in [0.1, 0.15) is 0 Å². The van der Waals surface area contributed by atoms with E-state index in [9.17, 15) is 4.57 Å². The van der Waals surface area contributed by atoms with E-state index in [1.54, 1.807) is 4.67 Å². The Morgan fingerprint density at radius 2 is 1.78 bits per heavy atom. The fraction of sp³-hybridized carbons (Fsp3) is 1.00. The zero-order valence-corrected chi connectivity index (χ0v) is 13.3. The predicted octanol–water partition coefficient (Wildman–Crippen LogP) is 2.10. The van der Waals surface area contributed by atoms with Gasteiger partial charge in [-0.3, -0.25) is 4.57 Å². The van der Waals surface area contributed by atoms with Crippen molar-refractivity contribution in [1.29, 1.82) is 0 Å². The van der Waals surface area contributed by atoms with E-state index >= 15 is 0 Å². The smallest absolute Gasteiger partial charge is 0.343 e. The van der Waals surface area contributed by atoms with Crippen LogP contribution in [0.25, 0.3) is 0 Å². The summed E-state index contributed by atoms with van der Waals surface area (Å²) in [6.45, 7) is 1.39. The molecule has 0 bridgehead atoms. The van der Waals surface area contributed by atoms with Crippen LogP contribution < -0.4 is 5.09 Å². The van der Waals surface area contributed by atoms with Crippen LogP contribution in [0.3, 0.4) is 0 Å². The normalized spacial score (nSPS) is 14.9. The number of aliphatic hydroxyl groups is 1. The van der Waals surface area contributed by atoms with Crippen molar-refractivity contribution in [3.05, 3.63) is 0 Å². The van der Waals surface area contributed by atoms with E-state index in [2.05, 4.69) is 5.09 Å². The lowest BCUT2D eigenvalue weighted by molar-refractivity contribution is 0.263. The number of hydrogen-bond donors (Lipinski definition) is 2. The van der Waals surface area contributed by atoms with Gasteiger partial charge in [-0.15, -0.1) is 34.8 Å². The highest BCUT2D eigenvalue weighted by atomic mass is 35.5. The van der Waals surface area contributed by atoms with Gasteiger partial charge in [-0.2, -0.15) is 0 Å². The van der Waals surface area contributed by atoms with Crippen molar-refractivity contribution < 1.29 is 14.2 Å². The van der Waals surface area contributed by atoms with Crippen LogP contribution in [0, 0.1) is 0 Å². The van der Waals surface area contributed by atoms with E-state index in [-0.39, 0.29) is 19.1 Å². The SMILES string of the molecule is O=[P@](NCCCO)(OCCCl)N(CCCl)CCCl. The number of aliphatic hydroxyl groups excluding tert-OH is 1. The highest BCUT2D eigenvalue weighted by Gasteiger charge is 2.30. The van der Waals surface area contributed by atoms with Crippen molar-refractivity contribution in [2.24, 2.45) is 0 Å². The number of alkyl halides is 3. The molecule has 0 heterocycles. The van der Waals surface area contributed by atoms with Gasteiger partial charge in [0.2, 0.25) is 0 Å². The van der Waals surface area contributed by atoms with Crippen molar-refractivity contribution in [2.75, 3.05) is 50.5 Å². The summed E-state index contributed by atoms with van der Waals surface area (Å²) in [6.07, 6.45) is 0.490. The summed E-state index contributed by atoms with van der Waals surface area (Å²) in [6, 6.07) is 0. The van der Waals surface area contributed by atoms with Crippen molar-refractivity contribution in [2.45, 2.75) is 6.42 Å². The Balaban J connectivity index is 4.60. The van der Waals surface area contributed by atoms with Gasteiger partial charge >= 0.3 is 7.67 Å². The molecule has 0 saturated heterocycles. The van der Waals surface area contributed by atoms with Gasteiger partial charge in [0.25, 0.3) is 0 Å². The zero-order chi connectivity index (χ0) is 13.9. The van der Waals surface area contributed by atoms with Crippen molar-refractivity contribution in [1.82, 2.24) is 9.76 Å². The molecule has 0 saturated carbocycles. The molecule has 0 radical (unpaired) electrons. The van der Waals surface area contributed by atoms with Gasteiger partial charge in [0.05, 0.1) is 6.61 Å². The average Bonchev–Trinajstić information content (AvgIpc) is 2.36. The predicted molar refractivity (Wildman–Crippen MR) is 77.0 cm³/mol. The van der Waals surface area contributed by atoms with Crippen LogP contribution in [-0.4, -0.2) is 60.3 Å². The second kappa shape index (κ2) is 11.7. The Morgan fingerprint density at radius 1 is 1.17 bits per heavy atom. The number of halogens is 3. The largest absolute Gasteiger partial charge is 0.396 e. The van der Waals surface area contributed by atoms with Gasteiger partial charge in [0.15, 0.2) is 0 Å². The molecule has 0 aliphatic rings. The van der Waals surface area contributed by atoms with Crippen molar-refractivity contribution in [3.63, 3.8) is 0 Å². The molecule has 0 fully saturated rings. The number of hydrogen-bond acceptors (Lipinski definition) is 3. The lowest BCUT2D eigenvalue weighted by Crippen LogP contribution is -2.33. The molecule has 0 aromatic carbocycles. The van der Waals surface area contributed by atoms with Crippen molar-refractivity contribution in [3.8, 4) is 0 Å². The molecule has 0 rings (SSSR count). The number of nitrogens with zero attached hydrogens (tertiary/aromatic N) is 1. The van der Waals surface area contributed by atoms with Crippen molar-refractivity contribution >= 4 is 42.5 Å². The minimum atomic E-state index is -3.19. The molecule has 0 aromatic rings. The van der Waals surface area contributed by atoms with Gasteiger partial charge in [-0.1, -0.05) is 0 Å². The fourth-order valence-electron chi connectivity index (χ4n) is 1.26. The summed E-state index contributed by atoms with van der Waals surface area (Å²) < 4.78 is 19.6. The van der Waals surface area contributed by atoms with Gasteiger partial charge in [-0.25, -0.2) is 9.76 Å². The van der Waals surface area contributed by atoms with Crippen LogP contribution in [0.4, 0.5) is 0 Å². The molecule has 110 valence electrons. The first-order valence-corrected chi connectivity index (χ1v) is 8.86. The van der Waals surface area contributed by atoms with Gasteiger partial charge < -0.3 is 9.63 Å². The summed E-state index contributed by atoms with van der Waals surface area (Å²) in [7, 11) is -3.19. The second-order valence-corrected chi connectivity index (χ2v) is 6.67. The van der Waals surface area contributed by atoms with E-state index in [0.29, 0.717) is 37.8 Å². The topological polar surface area (TPSA) is 61.8 Å². The van der Waals surface area contributed by atoms with Crippen LogP contribution in [-0.2, 0) is 9.09 Å². The van der Waals surface area contributed by atoms with Crippen LogP contribution >= 0.6 is 42.5 Å². The first-order valence-electron chi connectivity index (χ1n) is 5.68. The molecule has 5 nitrogen and oxygen atoms in total. The quantitative estimate of drug-likeness (QED) is 0.323. The maximum atomic E-state index is 12.7. The molecule has 0 amide bonds. The summed E-state index contributed by atoms with van der Waals surface area (Å²) >= 11 is 16.9. The fourth-order valence-corrected chi connectivity index (χ4v) is 4.04.